The van der Waals surface area contributed by atoms with Crippen LogP contribution in [-0.4, -0.2) is 68.1 Å². The lowest BCUT2D eigenvalue weighted by molar-refractivity contribution is 0.229. The molecule has 2 N–H and O–H groups in total. The Bertz CT molecular complexity index is 410. The molecule has 0 saturated carbocycles. The van der Waals surface area contributed by atoms with Gasteiger partial charge in [-0.25, -0.2) is 4.98 Å². The SMILES string of the molecule is C[C@@H](N)c1ccnc(N2CCN(CCN(C)C)CC2)c1. The molecule has 20 heavy (non-hydrogen) atoms. The summed E-state index contributed by atoms with van der Waals surface area (Å²) in [6, 6.07) is 4.19. The first kappa shape index (κ1) is 15.2. The maximum absolute atomic E-state index is 5.94. The van der Waals surface area contributed by atoms with Gasteiger partial charge in [0.2, 0.25) is 0 Å². The van der Waals surface area contributed by atoms with Crippen molar-refractivity contribution < 1.29 is 0 Å². The summed E-state index contributed by atoms with van der Waals surface area (Å²) in [5.74, 6) is 1.06. The summed E-state index contributed by atoms with van der Waals surface area (Å²) in [4.78, 5) is 11.6. The normalized spacial score (nSPS) is 18.6. The third-order valence-electron chi connectivity index (χ3n) is 3.86. The second kappa shape index (κ2) is 7.02. The first-order valence-corrected chi connectivity index (χ1v) is 7.40. The molecule has 1 aromatic heterocycles. The average Bonchev–Trinajstić information content (AvgIpc) is 2.46. The van der Waals surface area contributed by atoms with E-state index in [0.717, 1.165) is 50.6 Å². The first-order chi connectivity index (χ1) is 9.56. The number of nitrogens with zero attached hydrogens (tertiary/aromatic N) is 4. The summed E-state index contributed by atoms with van der Waals surface area (Å²) >= 11 is 0. The van der Waals surface area contributed by atoms with Crippen molar-refractivity contribution in [3.05, 3.63) is 23.9 Å². The van der Waals surface area contributed by atoms with E-state index in [0.29, 0.717) is 0 Å². The zero-order valence-corrected chi connectivity index (χ0v) is 12.9. The van der Waals surface area contributed by atoms with Gasteiger partial charge in [0.1, 0.15) is 5.82 Å². The zero-order valence-electron chi connectivity index (χ0n) is 12.9. The lowest BCUT2D eigenvalue weighted by Crippen LogP contribution is -2.48. The molecule has 0 aliphatic carbocycles. The number of anilines is 1. The van der Waals surface area contributed by atoms with Crippen molar-refractivity contribution in [2.45, 2.75) is 13.0 Å². The van der Waals surface area contributed by atoms with E-state index < -0.39 is 0 Å². The summed E-state index contributed by atoms with van der Waals surface area (Å²) in [5, 5.41) is 0. The fraction of sp³-hybridized carbons (Fsp3) is 0.667. The first-order valence-electron chi connectivity index (χ1n) is 7.40. The highest BCUT2D eigenvalue weighted by Crippen LogP contribution is 2.18. The van der Waals surface area contributed by atoms with Gasteiger partial charge in [-0.3, -0.25) is 4.90 Å². The van der Waals surface area contributed by atoms with Gasteiger partial charge in [-0.15, -0.1) is 0 Å². The van der Waals surface area contributed by atoms with E-state index >= 15 is 0 Å². The minimum atomic E-state index is 0.0677. The predicted octanol–water partition coefficient (Wildman–Crippen LogP) is 0.785. The Morgan fingerprint density at radius 1 is 1.30 bits per heavy atom. The highest BCUT2D eigenvalue weighted by molar-refractivity contribution is 5.42. The second-order valence-electron chi connectivity index (χ2n) is 5.87. The molecule has 2 rings (SSSR count). The summed E-state index contributed by atoms with van der Waals surface area (Å²) in [5.41, 5.74) is 7.10. The molecule has 112 valence electrons. The minimum absolute atomic E-state index is 0.0677. The van der Waals surface area contributed by atoms with E-state index in [2.05, 4.69) is 39.8 Å². The Hall–Kier alpha value is -1.17. The third-order valence-corrected chi connectivity index (χ3v) is 3.86. The highest BCUT2D eigenvalue weighted by Gasteiger charge is 2.18. The van der Waals surface area contributed by atoms with Gasteiger partial charge >= 0.3 is 0 Å². The van der Waals surface area contributed by atoms with E-state index in [1.54, 1.807) is 0 Å². The van der Waals surface area contributed by atoms with Crippen molar-refractivity contribution in [2.75, 3.05) is 58.3 Å². The maximum atomic E-state index is 5.94. The van der Waals surface area contributed by atoms with Crippen LogP contribution >= 0.6 is 0 Å². The van der Waals surface area contributed by atoms with Crippen molar-refractivity contribution in [1.29, 1.82) is 0 Å². The van der Waals surface area contributed by atoms with Crippen molar-refractivity contribution >= 4 is 5.82 Å². The topological polar surface area (TPSA) is 48.6 Å². The summed E-state index contributed by atoms with van der Waals surface area (Å²) < 4.78 is 0. The number of hydrogen-bond donors (Lipinski definition) is 1. The average molecular weight is 277 g/mol. The predicted molar refractivity (Wildman–Crippen MR) is 84.0 cm³/mol. The van der Waals surface area contributed by atoms with E-state index in [9.17, 15) is 0 Å². The van der Waals surface area contributed by atoms with Gasteiger partial charge in [0.25, 0.3) is 0 Å². The molecule has 0 bridgehead atoms. The van der Waals surface area contributed by atoms with Crippen LogP contribution in [0.15, 0.2) is 18.3 Å². The number of aromatic nitrogens is 1. The van der Waals surface area contributed by atoms with Gasteiger partial charge < -0.3 is 15.5 Å². The van der Waals surface area contributed by atoms with Crippen molar-refractivity contribution in [2.24, 2.45) is 5.73 Å². The molecule has 1 aliphatic heterocycles. The largest absolute Gasteiger partial charge is 0.354 e. The third kappa shape index (κ3) is 4.16. The van der Waals surface area contributed by atoms with Crippen LogP contribution in [0.4, 0.5) is 5.82 Å². The molecule has 0 unspecified atom stereocenters. The Kier molecular flexibility index (Phi) is 5.34. The fourth-order valence-corrected chi connectivity index (χ4v) is 2.43. The zero-order chi connectivity index (χ0) is 14.5. The maximum Gasteiger partial charge on any atom is 0.128 e. The van der Waals surface area contributed by atoms with Gasteiger partial charge in [0.15, 0.2) is 0 Å². The van der Waals surface area contributed by atoms with Gasteiger partial charge in [-0.1, -0.05) is 0 Å². The number of hydrogen-bond acceptors (Lipinski definition) is 5. The highest BCUT2D eigenvalue weighted by atomic mass is 15.3. The number of nitrogens with two attached hydrogens (primary N) is 1. The van der Waals surface area contributed by atoms with Crippen LogP contribution in [0.25, 0.3) is 0 Å². The lowest BCUT2D eigenvalue weighted by atomic mass is 10.1. The molecule has 1 aliphatic rings. The smallest absolute Gasteiger partial charge is 0.128 e. The van der Waals surface area contributed by atoms with Crippen LogP contribution in [0.1, 0.15) is 18.5 Å². The molecule has 0 spiro atoms. The molecule has 0 aromatic carbocycles. The summed E-state index contributed by atoms with van der Waals surface area (Å²) in [6.45, 7) is 8.59. The lowest BCUT2D eigenvalue weighted by Gasteiger charge is -2.36. The standard InChI is InChI=1S/C15H27N5/c1-13(16)14-4-5-17-15(12-14)20-10-8-19(9-11-20)7-6-18(2)3/h4-5,12-13H,6-11,16H2,1-3H3/t13-/m1/s1. The molecule has 5 heteroatoms. The van der Waals surface area contributed by atoms with E-state index in [-0.39, 0.29) is 6.04 Å². The molecule has 1 saturated heterocycles. The number of piperazine rings is 1. The van der Waals surface area contributed by atoms with Crippen LogP contribution in [0, 0.1) is 0 Å². The summed E-state index contributed by atoms with van der Waals surface area (Å²) in [7, 11) is 4.25. The van der Waals surface area contributed by atoms with Crippen molar-refractivity contribution in [1.82, 2.24) is 14.8 Å². The Labute approximate surface area is 122 Å². The molecule has 1 atom stereocenters. The fourth-order valence-electron chi connectivity index (χ4n) is 2.43. The van der Waals surface area contributed by atoms with Gasteiger partial charge in [-0.05, 0) is 38.7 Å². The molecular formula is C15H27N5. The van der Waals surface area contributed by atoms with Crippen LogP contribution in [0.5, 0.6) is 0 Å². The van der Waals surface area contributed by atoms with E-state index in [1.165, 1.54) is 0 Å². The molecule has 0 amide bonds. The molecule has 2 heterocycles. The van der Waals surface area contributed by atoms with Gasteiger partial charge in [-0.2, -0.15) is 0 Å². The summed E-state index contributed by atoms with van der Waals surface area (Å²) in [6.07, 6.45) is 1.87. The van der Waals surface area contributed by atoms with Crippen molar-refractivity contribution in [3.63, 3.8) is 0 Å². The number of pyridine rings is 1. The quantitative estimate of drug-likeness (QED) is 0.862. The molecule has 0 radical (unpaired) electrons. The van der Waals surface area contributed by atoms with Crippen LogP contribution in [0.3, 0.4) is 0 Å². The van der Waals surface area contributed by atoms with Gasteiger partial charge in [0, 0.05) is 51.5 Å². The molecule has 1 aromatic rings. The minimum Gasteiger partial charge on any atom is -0.354 e. The molecular weight excluding hydrogens is 250 g/mol. The van der Waals surface area contributed by atoms with E-state index in [1.807, 2.05) is 19.2 Å². The van der Waals surface area contributed by atoms with Crippen LogP contribution < -0.4 is 10.6 Å². The van der Waals surface area contributed by atoms with E-state index in [4.69, 9.17) is 5.73 Å². The van der Waals surface area contributed by atoms with Gasteiger partial charge in [0.05, 0.1) is 0 Å². The van der Waals surface area contributed by atoms with Crippen LogP contribution in [0.2, 0.25) is 0 Å². The Morgan fingerprint density at radius 2 is 2.00 bits per heavy atom. The van der Waals surface area contributed by atoms with Crippen molar-refractivity contribution in [3.8, 4) is 0 Å². The number of likely N-dealkylation sites (N-methyl/N-ethyl adjacent to an activating group) is 1. The number of rotatable bonds is 5. The van der Waals surface area contributed by atoms with Crippen LogP contribution in [-0.2, 0) is 0 Å². The Balaban J connectivity index is 1.88. The second-order valence-corrected chi connectivity index (χ2v) is 5.87. The monoisotopic (exact) mass is 277 g/mol. The Morgan fingerprint density at radius 3 is 2.60 bits per heavy atom. The molecule has 1 fully saturated rings. The molecule has 5 nitrogen and oxygen atoms in total.